The minimum absolute atomic E-state index is 0.0265. The number of hydrogen-bond acceptors (Lipinski definition) is 4. The Kier molecular flexibility index (Phi) is 4.44. The Hall–Kier alpha value is -2.05. The van der Waals surface area contributed by atoms with Crippen molar-refractivity contribution in [2.75, 3.05) is 0 Å². The van der Waals surface area contributed by atoms with Gasteiger partial charge in [-0.05, 0) is 25.1 Å². The second-order valence-electron chi connectivity index (χ2n) is 4.69. The molecule has 0 heterocycles. The number of carbonyl (C=O) groups is 1. The molecule has 0 radical (unpaired) electrons. The first-order valence-corrected chi connectivity index (χ1v) is 8.17. The molecule has 2 aromatic rings. The highest BCUT2D eigenvalue weighted by Gasteiger charge is 2.27. The summed E-state index contributed by atoms with van der Waals surface area (Å²) < 4.78 is 25.3. The summed E-state index contributed by atoms with van der Waals surface area (Å²) >= 11 is 5.91. The predicted molar refractivity (Wildman–Crippen MR) is 81.1 cm³/mol. The highest BCUT2D eigenvalue weighted by Crippen LogP contribution is 2.36. The molecule has 22 heavy (non-hydrogen) atoms. The molecule has 0 amide bonds. The summed E-state index contributed by atoms with van der Waals surface area (Å²) in [7, 11) is -4.06. The van der Waals surface area contributed by atoms with Crippen molar-refractivity contribution in [1.82, 2.24) is 0 Å². The summed E-state index contributed by atoms with van der Waals surface area (Å²) in [5, 5.41) is 19.3. The monoisotopic (exact) mass is 340 g/mol. The van der Waals surface area contributed by atoms with Gasteiger partial charge in [-0.15, -0.1) is 0 Å². The zero-order chi connectivity index (χ0) is 16.5. The SMILES string of the molecule is CC(C(=O)O)c1cccc(S(=O)(=O)c2ccccc2Cl)c1O. The zero-order valence-corrected chi connectivity index (χ0v) is 13.1. The van der Waals surface area contributed by atoms with E-state index in [1.54, 1.807) is 6.07 Å². The number of sulfone groups is 1. The van der Waals surface area contributed by atoms with Crippen molar-refractivity contribution in [3.63, 3.8) is 0 Å². The third kappa shape index (κ3) is 2.80. The Labute approximate surface area is 132 Å². The summed E-state index contributed by atoms with van der Waals surface area (Å²) in [4.78, 5) is 10.5. The third-order valence-electron chi connectivity index (χ3n) is 3.28. The summed E-state index contributed by atoms with van der Waals surface area (Å²) in [5.41, 5.74) is 0.0284. The molecule has 0 aliphatic rings. The Morgan fingerprint density at radius 3 is 2.27 bits per heavy atom. The molecular formula is C15H13ClO5S. The number of aromatic hydroxyl groups is 1. The maximum absolute atomic E-state index is 12.6. The summed E-state index contributed by atoms with van der Waals surface area (Å²) in [6.07, 6.45) is 0. The van der Waals surface area contributed by atoms with Crippen molar-refractivity contribution in [2.24, 2.45) is 0 Å². The number of rotatable bonds is 4. The first-order chi connectivity index (χ1) is 10.3. The van der Waals surface area contributed by atoms with Crippen LogP contribution in [0.2, 0.25) is 5.02 Å². The van der Waals surface area contributed by atoms with Gasteiger partial charge in [0.25, 0.3) is 0 Å². The van der Waals surface area contributed by atoms with Crippen molar-refractivity contribution in [3.05, 3.63) is 53.1 Å². The van der Waals surface area contributed by atoms with Crippen molar-refractivity contribution in [1.29, 1.82) is 0 Å². The van der Waals surface area contributed by atoms with Crippen LogP contribution in [0.15, 0.2) is 52.3 Å². The molecule has 0 bridgehead atoms. The summed E-state index contributed by atoms with van der Waals surface area (Å²) in [5.74, 6) is -2.78. The van der Waals surface area contributed by atoms with Crippen LogP contribution in [-0.4, -0.2) is 24.6 Å². The first-order valence-electron chi connectivity index (χ1n) is 6.31. The molecular weight excluding hydrogens is 328 g/mol. The maximum Gasteiger partial charge on any atom is 0.310 e. The smallest absolute Gasteiger partial charge is 0.310 e. The van der Waals surface area contributed by atoms with Gasteiger partial charge in [0, 0.05) is 5.56 Å². The van der Waals surface area contributed by atoms with Crippen LogP contribution in [0.5, 0.6) is 5.75 Å². The van der Waals surface area contributed by atoms with Crippen LogP contribution >= 0.6 is 11.6 Å². The lowest BCUT2D eigenvalue weighted by Gasteiger charge is -2.13. The average molecular weight is 341 g/mol. The molecule has 1 atom stereocenters. The number of carboxylic acids is 1. The van der Waals surface area contributed by atoms with Crippen LogP contribution < -0.4 is 0 Å². The van der Waals surface area contributed by atoms with Gasteiger partial charge in [0.15, 0.2) is 0 Å². The van der Waals surface area contributed by atoms with E-state index in [2.05, 4.69) is 0 Å². The number of aliphatic carboxylic acids is 1. The predicted octanol–water partition coefficient (Wildman–Crippen LogP) is 3.07. The molecule has 116 valence electrons. The molecule has 0 saturated carbocycles. The van der Waals surface area contributed by atoms with Gasteiger partial charge in [-0.1, -0.05) is 35.9 Å². The number of carboxylic acid groups (broad SMARTS) is 1. The van der Waals surface area contributed by atoms with E-state index in [1.807, 2.05) is 0 Å². The van der Waals surface area contributed by atoms with Crippen LogP contribution in [0.25, 0.3) is 0 Å². The quantitative estimate of drug-likeness (QED) is 0.892. The number of phenolic OH excluding ortho intramolecular Hbond substituents is 1. The van der Waals surface area contributed by atoms with Gasteiger partial charge in [-0.2, -0.15) is 0 Å². The van der Waals surface area contributed by atoms with E-state index >= 15 is 0 Å². The molecule has 2 aromatic carbocycles. The molecule has 0 aliphatic carbocycles. The van der Waals surface area contributed by atoms with Crippen LogP contribution in [0.3, 0.4) is 0 Å². The highest BCUT2D eigenvalue weighted by atomic mass is 35.5. The summed E-state index contributed by atoms with van der Waals surface area (Å²) in [6, 6.07) is 9.83. The number of para-hydroxylation sites is 1. The van der Waals surface area contributed by atoms with Gasteiger partial charge < -0.3 is 10.2 Å². The Morgan fingerprint density at radius 1 is 1.09 bits per heavy atom. The van der Waals surface area contributed by atoms with Crippen molar-refractivity contribution < 1.29 is 23.4 Å². The van der Waals surface area contributed by atoms with Crippen LogP contribution in [0, 0.1) is 0 Å². The average Bonchev–Trinajstić information content (AvgIpc) is 2.46. The lowest BCUT2D eigenvalue weighted by Crippen LogP contribution is -2.10. The fourth-order valence-electron chi connectivity index (χ4n) is 2.02. The molecule has 1 unspecified atom stereocenters. The molecule has 0 aliphatic heterocycles. The highest BCUT2D eigenvalue weighted by molar-refractivity contribution is 7.91. The van der Waals surface area contributed by atoms with E-state index in [9.17, 15) is 18.3 Å². The van der Waals surface area contributed by atoms with E-state index in [0.717, 1.165) is 0 Å². The minimum atomic E-state index is -4.06. The van der Waals surface area contributed by atoms with Crippen molar-refractivity contribution in [2.45, 2.75) is 22.6 Å². The molecule has 0 fully saturated rings. The minimum Gasteiger partial charge on any atom is -0.506 e. The topological polar surface area (TPSA) is 91.7 Å². The normalized spacial score (nSPS) is 12.8. The van der Waals surface area contributed by atoms with E-state index in [1.165, 1.54) is 43.3 Å². The van der Waals surface area contributed by atoms with Crippen LogP contribution in [0.1, 0.15) is 18.4 Å². The fraction of sp³-hybridized carbons (Fsp3) is 0.133. The second kappa shape index (κ2) is 5.98. The molecule has 2 rings (SSSR count). The summed E-state index contributed by atoms with van der Waals surface area (Å²) in [6.45, 7) is 1.36. The fourth-order valence-corrected chi connectivity index (χ4v) is 3.91. The number of benzene rings is 2. The number of phenols is 1. The largest absolute Gasteiger partial charge is 0.506 e. The van der Waals surface area contributed by atoms with Gasteiger partial charge in [-0.3, -0.25) is 4.79 Å². The zero-order valence-electron chi connectivity index (χ0n) is 11.5. The van der Waals surface area contributed by atoms with E-state index in [4.69, 9.17) is 16.7 Å². The molecule has 5 nitrogen and oxygen atoms in total. The maximum atomic E-state index is 12.6. The standard InChI is InChI=1S/C15H13ClO5S/c1-9(15(18)19)10-5-4-8-13(14(10)17)22(20,21)12-7-3-2-6-11(12)16/h2-9,17H,1H3,(H,18,19). The van der Waals surface area contributed by atoms with Crippen molar-refractivity contribution in [3.8, 4) is 5.75 Å². The Bertz CT molecular complexity index is 830. The molecule has 7 heteroatoms. The van der Waals surface area contributed by atoms with E-state index in [0.29, 0.717) is 0 Å². The Morgan fingerprint density at radius 2 is 1.68 bits per heavy atom. The van der Waals surface area contributed by atoms with Crippen LogP contribution in [0.4, 0.5) is 0 Å². The van der Waals surface area contributed by atoms with Gasteiger partial charge in [0.1, 0.15) is 10.6 Å². The number of hydrogen-bond donors (Lipinski definition) is 2. The third-order valence-corrected chi connectivity index (χ3v) is 5.57. The van der Waals surface area contributed by atoms with Crippen LogP contribution in [-0.2, 0) is 14.6 Å². The second-order valence-corrected chi connectivity index (χ2v) is 6.98. The molecule has 2 N–H and O–H groups in total. The Balaban J connectivity index is 2.66. The van der Waals surface area contributed by atoms with E-state index < -0.39 is 27.5 Å². The molecule has 0 saturated heterocycles. The van der Waals surface area contributed by atoms with E-state index in [-0.39, 0.29) is 20.4 Å². The lowest BCUT2D eigenvalue weighted by molar-refractivity contribution is -0.138. The number of halogens is 1. The van der Waals surface area contributed by atoms with Gasteiger partial charge >= 0.3 is 5.97 Å². The van der Waals surface area contributed by atoms with Gasteiger partial charge in [0.2, 0.25) is 9.84 Å². The van der Waals surface area contributed by atoms with Crippen molar-refractivity contribution >= 4 is 27.4 Å². The van der Waals surface area contributed by atoms with Gasteiger partial charge in [0.05, 0.1) is 15.8 Å². The first kappa shape index (κ1) is 16.3. The molecule has 0 spiro atoms. The molecule has 0 aromatic heterocycles. The van der Waals surface area contributed by atoms with Gasteiger partial charge in [-0.25, -0.2) is 8.42 Å². The lowest BCUT2D eigenvalue weighted by atomic mass is 10.0.